The summed E-state index contributed by atoms with van der Waals surface area (Å²) in [5.41, 5.74) is 0.233. The molecule has 1 heterocycles. The van der Waals surface area contributed by atoms with Crippen LogP contribution >= 0.6 is 0 Å². The monoisotopic (exact) mass is 295 g/mol. The Morgan fingerprint density at radius 1 is 1.48 bits per heavy atom. The second kappa shape index (κ2) is 7.64. The van der Waals surface area contributed by atoms with Crippen LogP contribution in [0.15, 0.2) is 36.1 Å². The molecule has 6 heteroatoms. The highest BCUT2D eigenvalue weighted by Gasteiger charge is 2.39. The standard InChI is InChI=1S/C15H21NO5/c1-4-10(7-12(5-2)21-6-3)14(18)16-9-11(17)8-13(16)15(19)20/h4-5,7,11,13,17H,1,6,8-9H2,2-3H3,(H,19,20)/b10-7+,12-5+/t11-,13+/m1/s1. The number of aliphatic hydroxyl groups excluding tert-OH is 1. The molecule has 0 radical (unpaired) electrons. The average molecular weight is 295 g/mol. The van der Waals surface area contributed by atoms with Gasteiger partial charge in [0.2, 0.25) is 0 Å². The van der Waals surface area contributed by atoms with E-state index in [4.69, 9.17) is 9.84 Å². The lowest BCUT2D eigenvalue weighted by Crippen LogP contribution is -2.41. The molecule has 0 saturated carbocycles. The van der Waals surface area contributed by atoms with E-state index in [1.54, 1.807) is 13.0 Å². The molecule has 0 aliphatic carbocycles. The molecule has 1 amide bonds. The Morgan fingerprint density at radius 3 is 2.62 bits per heavy atom. The highest BCUT2D eigenvalue weighted by atomic mass is 16.5. The Hall–Kier alpha value is -2.08. The number of likely N-dealkylation sites (tertiary alicyclic amines) is 1. The molecule has 0 aromatic rings. The summed E-state index contributed by atoms with van der Waals surface area (Å²) in [6, 6.07) is -1.02. The van der Waals surface area contributed by atoms with Crippen LogP contribution in [0, 0.1) is 0 Å². The molecule has 116 valence electrons. The van der Waals surface area contributed by atoms with Crippen LogP contribution in [0.25, 0.3) is 0 Å². The third-order valence-electron chi connectivity index (χ3n) is 3.19. The van der Waals surface area contributed by atoms with Gasteiger partial charge >= 0.3 is 5.97 Å². The third-order valence-corrected chi connectivity index (χ3v) is 3.19. The van der Waals surface area contributed by atoms with E-state index >= 15 is 0 Å². The van der Waals surface area contributed by atoms with Gasteiger partial charge in [-0.3, -0.25) is 4.79 Å². The topological polar surface area (TPSA) is 87.1 Å². The summed E-state index contributed by atoms with van der Waals surface area (Å²) < 4.78 is 5.33. The molecule has 0 unspecified atom stereocenters. The van der Waals surface area contributed by atoms with Crippen LogP contribution in [0.1, 0.15) is 20.3 Å². The molecule has 1 rings (SSSR count). The number of ether oxygens (including phenoxy) is 1. The fraction of sp³-hybridized carbons (Fsp3) is 0.467. The van der Waals surface area contributed by atoms with Crippen molar-refractivity contribution in [2.24, 2.45) is 0 Å². The van der Waals surface area contributed by atoms with E-state index in [-0.39, 0.29) is 18.5 Å². The van der Waals surface area contributed by atoms with Crippen molar-refractivity contribution in [3.05, 3.63) is 36.1 Å². The number of carbonyl (C=O) groups is 2. The predicted octanol–water partition coefficient (Wildman–Crippen LogP) is 1.09. The Kier molecular flexibility index (Phi) is 6.17. The summed E-state index contributed by atoms with van der Waals surface area (Å²) in [7, 11) is 0. The van der Waals surface area contributed by atoms with Gasteiger partial charge in [-0.25, -0.2) is 4.79 Å². The van der Waals surface area contributed by atoms with Crippen molar-refractivity contribution in [3.8, 4) is 0 Å². The van der Waals surface area contributed by atoms with E-state index in [9.17, 15) is 14.7 Å². The maximum atomic E-state index is 12.4. The molecule has 0 aromatic heterocycles. The van der Waals surface area contributed by atoms with Gasteiger partial charge in [0.25, 0.3) is 5.91 Å². The van der Waals surface area contributed by atoms with Crippen LogP contribution in [-0.4, -0.2) is 52.3 Å². The third kappa shape index (κ3) is 4.19. The Labute approximate surface area is 124 Å². The fourth-order valence-electron chi connectivity index (χ4n) is 2.17. The maximum absolute atomic E-state index is 12.4. The summed E-state index contributed by atoms with van der Waals surface area (Å²) in [5, 5.41) is 18.7. The Balaban J connectivity index is 3.00. The molecule has 6 nitrogen and oxygen atoms in total. The molecule has 21 heavy (non-hydrogen) atoms. The first-order valence-electron chi connectivity index (χ1n) is 6.79. The number of β-amino-alcohol motifs (C(OH)–C–C–N with tert-alkyl or cyclic N) is 1. The van der Waals surface area contributed by atoms with Gasteiger partial charge in [-0.1, -0.05) is 12.7 Å². The van der Waals surface area contributed by atoms with E-state index in [2.05, 4.69) is 6.58 Å². The highest BCUT2D eigenvalue weighted by molar-refractivity contribution is 5.99. The van der Waals surface area contributed by atoms with Crippen molar-refractivity contribution < 1.29 is 24.5 Å². The van der Waals surface area contributed by atoms with Crippen LogP contribution < -0.4 is 0 Å². The number of carboxylic acids is 1. The number of amides is 1. The fourth-order valence-corrected chi connectivity index (χ4v) is 2.17. The predicted molar refractivity (Wildman–Crippen MR) is 77.4 cm³/mol. The van der Waals surface area contributed by atoms with Crippen LogP contribution in [0.3, 0.4) is 0 Å². The summed E-state index contributed by atoms with van der Waals surface area (Å²) in [6.07, 6.45) is 3.78. The van der Waals surface area contributed by atoms with Crippen LogP contribution in [-0.2, 0) is 14.3 Å². The van der Waals surface area contributed by atoms with Crippen molar-refractivity contribution >= 4 is 11.9 Å². The molecule has 1 saturated heterocycles. The van der Waals surface area contributed by atoms with Crippen LogP contribution in [0.5, 0.6) is 0 Å². The lowest BCUT2D eigenvalue weighted by molar-refractivity contribution is -0.146. The molecular weight excluding hydrogens is 274 g/mol. The van der Waals surface area contributed by atoms with Crippen molar-refractivity contribution in [1.29, 1.82) is 0 Å². The van der Waals surface area contributed by atoms with E-state index in [0.717, 1.165) is 4.90 Å². The first kappa shape index (κ1) is 17.0. The van der Waals surface area contributed by atoms with E-state index in [1.807, 2.05) is 6.92 Å². The lowest BCUT2D eigenvalue weighted by atomic mass is 10.1. The second-order valence-corrected chi connectivity index (χ2v) is 4.63. The molecule has 0 spiro atoms. The van der Waals surface area contributed by atoms with Gasteiger partial charge in [0.1, 0.15) is 11.8 Å². The number of carbonyl (C=O) groups excluding carboxylic acids is 1. The largest absolute Gasteiger partial charge is 0.494 e. The minimum absolute atomic E-state index is 0.000781. The van der Waals surface area contributed by atoms with E-state index in [0.29, 0.717) is 12.4 Å². The van der Waals surface area contributed by atoms with Gasteiger partial charge in [-0.2, -0.15) is 0 Å². The van der Waals surface area contributed by atoms with Crippen molar-refractivity contribution in [3.63, 3.8) is 0 Å². The maximum Gasteiger partial charge on any atom is 0.326 e. The molecule has 2 atom stereocenters. The molecule has 0 aromatic carbocycles. The molecule has 1 fully saturated rings. The minimum atomic E-state index is -1.13. The van der Waals surface area contributed by atoms with Crippen molar-refractivity contribution in [2.75, 3.05) is 13.2 Å². The number of allylic oxidation sites excluding steroid dienone is 2. The zero-order valence-corrected chi connectivity index (χ0v) is 12.3. The Bertz CT molecular complexity index is 480. The summed E-state index contributed by atoms with van der Waals surface area (Å²) >= 11 is 0. The summed E-state index contributed by atoms with van der Waals surface area (Å²) in [4.78, 5) is 24.7. The number of hydrogen-bond donors (Lipinski definition) is 2. The Morgan fingerprint density at radius 2 is 2.14 bits per heavy atom. The molecule has 1 aliphatic rings. The van der Waals surface area contributed by atoms with Crippen molar-refractivity contribution in [2.45, 2.75) is 32.4 Å². The zero-order valence-electron chi connectivity index (χ0n) is 12.3. The molecule has 0 bridgehead atoms. The molecule has 1 aliphatic heterocycles. The first-order chi connectivity index (χ1) is 9.94. The first-order valence-corrected chi connectivity index (χ1v) is 6.79. The lowest BCUT2D eigenvalue weighted by Gasteiger charge is -2.21. The summed E-state index contributed by atoms with van der Waals surface area (Å²) in [5.74, 6) is -1.10. The number of nitrogens with zero attached hydrogens (tertiary/aromatic N) is 1. The van der Waals surface area contributed by atoms with Crippen LogP contribution in [0.2, 0.25) is 0 Å². The second-order valence-electron chi connectivity index (χ2n) is 4.63. The highest BCUT2D eigenvalue weighted by Crippen LogP contribution is 2.21. The van der Waals surface area contributed by atoms with E-state index in [1.165, 1.54) is 12.2 Å². The number of carboxylic acid groups (broad SMARTS) is 1. The van der Waals surface area contributed by atoms with Gasteiger partial charge in [0, 0.05) is 18.5 Å². The quantitative estimate of drug-likeness (QED) is 0.435. The molecule has 2 N–H and O–H groups in total. The number of aliphatic carboxylic acids is 1. The van der Waals surface area contributed by atoms with E-state index < -0.39 is 24.0 Å². The number of hydrogen-bond acceptors (Lipinski definition) is 4. The van der Waals surface area contributed by atoms with Crippen LogP contribution in [0.4, 0.5) is 0 Å². The smallest absolute Gasteiger partial charge is 0.326 e. The minimum Gasteiger partial charge on any atom is -0.494 e. The van der Waals surface area contributed by atoms with Gasteiger partial charge in [-0.05, 0) is 26.0 Å². The number of rotatable bonds is 6. The molecular formula is C15H21NO5. The zero-order chi connectivity index (χ0) is 16.0. The summed E-state index contributed by atoms with van der Waals surface area (Å²) in [6.45, 7) is 7.63. The van der Waals surface area contributed by atoms with Gasteiger partial charge in [0.05, 0.1) is 12.7 Å². The SMILES string of the molecule is C=C/C(=C\C(=C/C)OCC)C(=O)N1C[C@H](O)C[C@H]1C(=O)O. The number of aliphatic hydroxyl groups is 1. The normalized spacial score (nSPS) is 23.1. The van der Waals surface area contributed by atoms with Gasteiger partial charge in [0.15, 0.2) is 0 Å². The van der Waals surface area contributed by atoms with Gasteiger partial charge < -0.3 is 19.8 Å². The average Bonchev–Trinajstić information content (AvgIpc) is 2.85. The van der Waals surface area contributed by atoms with Crippen molar-refractivity contribution in [1.82, 2.24) is 4.90 Å². The van der Waals surface area contributed by atoms with Gasteiger partial charge in [-0.15, -0.1) is 0 Å².